The summed E-state index contributed by atoms with van der Waals surface area (Å²) in [7, 11) is 1.59. The molecular formula is C12H15N5O2. The zero-order valence-corrected chi connectivity index (χ0v) is 10.7. The summed E-state index contributed by atoms with van der Waals surface area (Å²) in [5.74, 6) is 1.26. The third kappa shape index (κ3) is 2.01. The number of fused-ring (bicyclic) bond motifs is 1. The van der Waals surface area contributed by atoms with Crippen LogP contribution in [0.2, 0.25) is 0 Å². The van der Waals surface area contributed by atoms with Gasteiger partial charge in [0.1, 0.15) is 0 Å². The van der Waals surface area contributed by atoms with Gasteiger partial charge in [0.05, 0.1) is 38.7 Å². The highest BCUT2D eigenvalue weighted by Crippen LogP contribution is 2.31. The van der Waals surface area contributed by atoms with Gasteiger partial charge >= 0.3 is 0 Å². The molecule has 0 aliphatic carbocycles. The minimum atomic E-state index is 0.0859. The number of ether oxygens (including phenoxy) is 1. The fourth-order valence-corrected chi connectivity index (χ4v) is 2.32. The van der Waals surface area contributed by atoms with Crippen molar-refractivity contribution >= 4 is 5.82 Å². The molecular weight excluding hydrogens is 246 g/mol. The minimum absolute atomic E-state index is 0.0859. The van der Waals surface area contributed by atoms with E-state index in [2.05, 4.69) is 20.0 Å². The van der Waals surface area contributed by atoms with Crippen molar-refractivity contribution in [1.29, 1.82) is 0 Å². The SMILES string of the molecule is COc1nccnc1N1Cc2cnn(CCO)c2C1. The van der Waals surface area contributed by atoms with E-state index in [1.54, 1.807) is 19.5 Å². The Balaban J connectivity index is 1.87. The highest BCUT2D eigenvalue weighted by molar-refractivity contribution is 5.51. The molecule has 0 amide bonds. The van der Waals surface area contributed by atoms with Crippen LogP contribution in [0.1, 0.15) is 11.3 Å². The summed E-state index contributed by atoms with van der Waals surface area (Å²) in [5, 5.41) is 13.3. The number of rotatable bonds is 4. The summed E-state index contributed by atoms with van der Waals surface area (Å²) in [6.07, 6.45) is 5.10. The highest BCUT2D eigenvalue weighted by Gasteiger charge is 2.26. The molecule has 0 spiro atoms. The molecule has 1 N–H and O–H groups in total. The Kier molecular flexibility index (Phi) is 3.04. The van der Waals surface area contributed by atoms with Gasteiger partial charge in [0, 0.05) is 24.5 Å². The van der Waals surface area contributed by atoms with Crippen molar-refractivity contribution in [2.24, 2.45) is 0 Å². The molecule has 0 saturated heterocycles. The molecule has 0 radical (unpaired) electrons. The summed E-state index contributed by atoms with van der Waals surface area (Å²) in [4.78, 5) is 10.6. The summed E-state index contributed by atoms with van der Waals surface area (Å²) in [5.41, 5.74) is 2.27. The summed E-state index contributed by atoms with van der Waals surface area (Å²) in [6.45, 7) is 2.03. The van der Waals surface area contributed by atoms with Gasteiger partial charge in [0.2, 0.25) is 0 Å². The predicted molar refractivity (Wildman–Crippen MR) is 67.8 cm³/mol. The van der Waals surface area contributed by atoms with E-state index in [1.807, 2.05) is 10.9 Å². The lowest BCUT2D eigenvalue weighted by molar-refractivity contribution is 0.267. The molecule has 3 heterocycles. The molecule has 1 aliphatic rings. The molecule has 0 bridgehead atoms. The monoisotopic (exact) mass is 261 g/mol. The molecule has 7 heteroatoms. The zero-order chi connectivity index (χ0) is 13.2. The van der Waals surface area contributed by atoms with E-state index in [-0.39, 0.29) is 6.61 Å². The van der Waals surface area contributed by atoms with Crippen LogP contribution < -0.4 is 9.64 Å². The van der Waals surface area contributed by atoms with E-state index in [1.165, 1.54) is 0 Å². The molecule has 19 heavy (non-hydrogen) atoms. The highest BCUT2D eigenvalue weighted by atomic mass is 16.5. The number of methoxy groups -OCH3 is 1. The van der Waals surface area contributed by atoms with Crippen molar-refractivity contribution in [3.8, 4) is 5.88 Å². The Hall–Kier alpha value is -2.15. The molecule has 0 fully saturated rings. The van der Waals surface area contributed by atoms with Crippen LogP contribution in [0.3, 0.4) is 0 Å². The Morgan fingerprint density at radius 3 is 2.95 bits per heavy atom. The van der Waals surface area contributed by atoms with Crippen molar-refractivity contribution in [1.82, 2.24) is 19.7 Å². The van der Waals surface area contributed by atoms with E-state index in [9.17, 15) is 0 Å². The van der Waals surface area contributed by atoms with Gasteiger partial charge in [-0.25, -0.2) is 9.97 Å². The van der Waals surface area contributed by atoms with Gasteiger partial charge in [-0.15, -0.1) is 0 Å². The van der Waals surface area contributed by atoms with E-state index < -0.39 is 0 Å². The quantitative estimate of drug-likeness (QED) is 0.847. The number of anilines is 1. The molecule has 7 nitrogen and oxygen atoms in total. The lowest BCUT2D eigenvalue weighted by Crippen LogP contribution is -2.19. The standard InChI is InChI=1S/C12H15N5O2/c1-19-12-11(13-2-3-14-12)16-7-9-6-15-17(4-5-18)10(9)8-16/h2-3,6,18H,4-5,7-8H2,1H3. The summed E-state index contributed by atoms with van der Waals surface area (Å²) in [6, 6.07) is 0. The first-order chi connectivity index (χ1) is 9.33. The third-order valence-electron chi connectivity index (χ3n) is 3.19. The lowest BCUT2D eigenvalue weighted by atomic mass is 10.3. The van der Waals surface area contributed by atoms with Crippen LogP contribution in [0.25, 0.3) is 0 Å². The van der Waals surface area contributed by atoms with Crippen LogP contribution in [-0.4, -0.2) is 38.6 Å². The maximum atomic E-state index is 9.02. The normalized spacial score (nSPS) is 13.7. The van der Waals surface area contributed by atoms with E-state index in [0.29, 0.717) is 19.0 Å². The predicted octanol–water partition coefficient (Wildman–Crippen LogP) is 0.194. The van der Waals surface area contributed by atoms with E-state index in [4.69, 9.17) is 9.84 Å². The summed E-state index contributed by atoms with van der Waals surface area (Å²) < 4.78 is 7.06. The number of aliphatic hydroxyl groups excluding tert-OH is 1. The molecule has 0 atom stereocenters. The average molecular weight is 261 g/mol. The first-order valence-electron chi connectivity index (χ1n) is 6.08. The molecule has 0 aromatic carbocycles. The molecule has 0 saturated carbocycles. The number of hydrogen-bond donors (Lipinski definition) is 1. The van der Waals surface area contributed by atoms with Gasteiger partial charge in [0.25, 0.3) is 5.88 Å². The first-order valence-corrected chi connectivity index (χ1v) is 6.08. The smallest absolute Gasteiger partial charge is 0.257 e. The van der Waals surface area contributed by atoms with Crippen molar-refractivity contribution in [2.75, 3.05) is 18.6 Å². The Bertz CT molecular complexity index is 583. The molecule has 3 rings (SSSR count). The Morgan fingerprint density at radius 2 is 2.16 bits per heavy atom. The summed E-state index contributed by atoms with van der Waals surface area (Å²) >= 11 is 0. The fraction of sp³-hybridized carbons (Fsp3) is 0.417. The second-order valence-electron chi connectivity index (χ2n) is 4.31. The molecule has 2 aromatic rings. The Morgan fingerprint density at radius 1 is 1.32 bits per heavy atom. The van der Waals surface area contributed by atoms with Gasteiger partial charge in [-0.1, -0.05) is 0 Å². The van der Waals surface area contributed by atoms with Crippen LogP contribution in [0.15, 0.2) is 18.6 Å². The van der Waals surface area contributed by atoms with Crippen LogP contribution in [0.5, 0.6) is 5.88 Å². The van der Waals surface area contributed by atoms with Crippen molar-refractivity contribution in [3.05, 3.63) is 29.8 Å². The number of aromatic nitrogens is 4. The second kappa shape index (κ2) is 4.85. The topological polar surface area (TPSA) is 76.3 Å². The molecule has 2 aromatic heterocycles. The van der Waals surface area contributed by atoms with Gasteiger partial charge in [-0.2, -0.15) is 5.10 Å². The molecule has 0 unspecified atom stereocenters. The van der Waals surface area contributed by atoms with Gasteiger partial charge in [-0.3, -0.25) is 4.68 Å². The molecule has 1 aliphatic heterocycles. The Labute approximate surface area is 110 Å². The van der Waals surface area contributed by atoms with Crippen molar-refractivity contribution in [2.45, 2.75) is 19.6 Å². The third-order valence-corrected chi connectivity index (χ3v) is 3.19. The first kappa shape index (κ1) is 11.9. The number of aliphatic hydroxyl groups is 1. The van der Waals surface area contributed by atoms with Crippen LogP contribution in [0.4, 0.5) is 5.82 Å². The van der Waals surface area contributed by atoms with Crippen molar-refractivity contribution in [3.63, 3.8) is 0 Å². The van der Waals surface area contributed by atoms with Crippen LogP contribution >= 0.6 is 0 Å². The number of nitrogens with zero attached hydrogens (tertiary/aromatic N) is 5. The maximum Gasteiger partial charge on any atom is 0.257 e. The second-order valence-corrected chi connectivity index (χ2v) is 4.31. The zero-order valence-electron chi connectivity index (χ0n) is 10.7. The number of hydrogen-bond acceptors (Lipinski definition) is 6. The largest absolute Gasteiger partial charge is 0.478 e. The van der Waals surface area contributed by atoms with Gasteiger partial charge in [-0.05, 0) is 0 Å². The average Bonchev–Trinajstić information content (AvgIpc) is 3.01. The molecule has 100 valence electrons. The van der Waals surface area contributed by atoms with Gasteiger partial charge < -0.3 is 14.7 Å². The van der Waals surface area contributed by atoms with Gasteiger partial charge in [0.15, 0.2) is 5.82 Å². The van der Waals surface area contributed by atoms with Crippen LogP contribution in [0, 0.1) is 0 Å². The van der Waals surface area contributed by atoms with E-state index in [0.717, 1.165) is 23.6 Å². The lowest BCUT2D eigenvalue weighted by Gasteiger charge is -2.18. The van der Waals surface area contributed by atoms with Crippen molar-refractivity contribution < 1.29 is 9.84 Å². The fourth-order valence-electron chi connectivity index (χ4n) is 2.32. The maximum absolute atomic E-state index is 9.02. The minimum Gasteiger partial charge on any atom is -0.478 e. The van der Waals surface area contributed by atoms with E-state index >= 15 is 0 Å². The van der Waals surface area contributed by atoms with Crippen LogP contribution in [-0.2, 0) is 19.6 Å².